The number of hydrogen-bond donors (Lipinski definition) is 0. The Morgan fingerprint density at radius 3 is 2.54 bits per heavy atom. The molecule has 7 nitrogen and oxygen atoms in total. The van der Waals surface area contributed by atoms with Gasteiger partial charge in [0.1, 0.15) is 5.82 Å². The van der Waals surface area contributed by atoms with Crippen molar-refractivity contribution < 1.29 is 23.2 Å². The summed E-state index contributed by atoms with van der Waals surface area (Å²) in [4.78, 5) is 33.5. The molecule has 2 amide bonds. The van der Waals surface area contributed by atoms with E-state index in [1.165, 1.54) is 18.4 Å². The molecule has 3 heterocycles. The maximum absolute atomic E-state index is 14.1. The van der Waals surface area contributed by atoms with Crippen LogP contribution in [0.3, 0.4) is 0 Å². The average molecular weight is 406 g/mol. The van der Waals surface area contributed by atoms with Crippen molar-refractivity contribution in [3.63, 3.8) is 0 Å². The summed E-state index contributed by atoms with van der Waals surface area (Å²) >= 11 is 6.06. The summed E-state index contributed by atoms with van der Waals surface area (Å²) in [5.41, 5.74) is 0.474. The van der Waals surface area contributed by atoms with Crippen LogP contribution in [0.25, 0.3) is 0 Å². The molecule has 0 saturated carbocycles. The van der Waals surface area contributed by atoms with Gasteiger partial charge >= 0.3 is 0 Å². The Balaban J connectivity index is 1.35. The maximum atomic E-state index is 14.1. The molecule has 2 aliphatic heterocycles. The minimum absolute atomic E-state index is 0.144. The van der Waals surface area contributed by atoms with E-state index in [1.54, 1.807) is 28.0 Å². The second-order valence-corrected chi connectivity index (χ2v) is 6.93. The summed E-state index contributed by atoms with van der Waals surface area (Å²) < 4.78 is 19.2. The van der Waals surface area contributed by atoms with Crippen LogP contribution in [0.4, 0.5) is 4.39 Å². The van der Waals surface area contributed by atoms with Crippen LogP contribution in [0.2, 0.25) is 5.02 Å². The van der Waals surface area contributed by atoms with Gasteiger partial charge in [0, 0.05) is 32.6 Å². The van der Waals surface area contributed by atoms with Crippen LogP contribution in [0.1, 0.15) is 22.5 Å². The van der Waals surface area contributed by atoms with Crippen molar-refractivity contribution in [1.82, 2.24) is 9.80 Å². The highest BCUT2D eigenvalue weighted by atomic mass is 35.5. The van der Waals surface area contributed by atoms with Crippen LogP contribution in [-0.4, -0.2) is 59.6 Å². The summed E-state index contributed by atoms with van der Waals surface area (Å²) in [6.45, 7) is 1.54. The first kappa shape index (κ1) is 18.5. The normalized spacial score (nSPS) is 19.4. The average Bonchev–Trinajstić information content (AvgIpc) is 3.39. The molecule has 0 radical (unpaired) electrons. The van der Waals surface area contributed by atoms with Gasteiger partial charge in [-0.15, -0.1) is 0 Å². The molecule has 0 N–H and O–H groups in total. The van der Waals surface area contributed by atoms with Crippen LogP contribution in [0.5, 0.6) is 0 Å². The molecule has 0 bridgehead atoms. The minimum atomic E-state index is -0.821. The molecule has 1 atom stereocenters. The topological polar surface area (TPSA) is 75.4 Å². The van der Waals surface area contributed by atoms with Gasteiger partial charge in [-0.1, -0.05) is 22.8 Å². The van der Waals surface area contributed by atoms with Gasteiger partial charge in [0.25, 0.3) is 11.8 Å². The largest absolute Gasteiger partial charge is 0.459 e. The number of carbonyl (C=O) groups excluding carboxylic acids is 2. The van der Waals surface area contributed by atoms with E-state index in [1.807, 2.05) is 0 Å². The summed E-state index contributed by atoms with van der Waals surface area (Å²) in [5.74, 6) is -0.669. The minimum Gasteiger partial charge on any atom is -0.459 e. The Hall–Kier alpha value is -2.87. The van der Waals surface area contributed by atoms with E-state index < -0.39 is 11.9 Å². The molecule has 9 heteroatoms. The molecule has 28 heavy (non-hydrogen) atoms. The van der Waals surface area contributed by atoms with E-state index >= 15 is 0 Å². The third kappa shape index (κ3) is 3.47. The van der Waals surface area contributed by atoms with Crippen LogP contribution >= 0.6 is 11.6 Å². The highest BCUT2D eigenvalue weighted by Crippen LogP contribution is 2.26. The number of hydrogen-bond acceptors (Lipinski definition) is 5. The molecule has 2 aliphatic rings. The number of rotatable bonds is 3. The lowest BCUT2D eigenvalue weighted by molar-refractivity contribution is -0.143. The second-order valence-electron chi connectivity index (χ2n) is 6.53. The number of benzene rings is 1. The predicted octanol–water partition coefficient (Wildman–Crippen LogP) is 2.55. The van der Waals surface area contributed by atoms with Gasteiger partial charge in [-0.3, -0.25) is 9.59 Å². The Bertz CT molecular complexity index is 903. The van der Waals surface area contributed by atoms with Crippen molar-refractivity contribution in [3.8, 4) is 0 Å². The summed E-state index contributed by atoms with van der Waals surface area (Å²) in [6.07, 6.45) is 0.771. The lowest BCUT2D eigenvalue weighted by Crippen LogP contribution is -2.52. The lowest BCUT2D eigenvalue weighted by Gasteiger charge is -2.35. The number of amides is 2. The molecule has 1 saturated heterocycles. The van der Waals surface area contributed by atoms with Crippen LogP contribution in [0, 0.1) is 5.82 Å². The van der Waals surface area contributed by atoms with E-state index in [9.17, 15) is 14.0 Å². The first-order valence-electron chi connectivity index (χ1n) is 8.83. The van der Waals surface area contributed by atoms with Crippen molar-refractivity contribution in [1.29, 1.82) is 0 Å². The molecule has 2 aromatic rings. The van der Waals surface area contributed by atoms with Crippen molar-refractivity contribution >= 4 is 29.1 Å². The van der Waals surface area contributed by atoms with E-state index in [4.69, 9.17) is 20.9 Å². The molecule has 146 valence electrons. The van der Waals surface area contributed by atoms with E-state index in [0.29, 0.717) is 31.9 Å². The first-order chi connectivity index (χ1) is 13.5. The SMILES string of the molecule is O=C(c1ccco1)N1CCN(C(=O)C2CC(c3c(F)cccc3Cl)=NO2)CC1. The summed E-state index contributed by atoms with van der Waals surface area (Å²) in [7, 11) is 0. The lowest BCUT2D eigenvalue weighted by atomic mass is 10.0. The van der Waals surface area contributed by atoms with Gasteiger partial charge in [0.2, 0.25) is 6.10 Å². The molecule has 1 fully saturated rings. The molecule has 4 rings (SSSR count). The van der Waals surface area contributed by atoms with Crippen molar-refractivity contribution in [2.45, 2.75) is 12.5 Å². The Labute approximate surface area is 165 Å². The highest BCUT2D eigenvalue weighted by Gasteiger charge is 2.36. The maximum Gasteiger partial charge on any atom is 0.289 e. The number of halogens is 2. The Morgan fingerprint density at radius 1 is 1.11 bits per heavy atom. The fraction of sp³-hybridized carbons (Fsp3) is 0.316. The van der Waals surface area contributed by atoms with Crippen molar-refractivity contribution in [2.75, 3.05) is 26.2 Å². The smallest absolute Gasteiger partial charge is 0.289 e. The van der Waals surface area contributed by atoms with Gasteiger partial charge in [0.15, 0.2) is 5.76 Å². The molecular formula is C19H17ClFN3O4. The molecule has 1 aromatic carbocycles. The van der Waals surface area contributed by atoms with E-state index in [2.05, 4.69) is 5.16 Å². The number of furan rings is 1. The third-order valence-electron chi connectivity index (χ3n) is 4.81. The van der Waals surface area contributed by atoms with Crippen molar-refractivity contribution in [2.24, 2.45) is 5.16 Å². The molecule has 1 unspecified atom stereocenters. The zero-order chi connectivity index (χ0) is 19.7. The Kier molecular flexibility index (Phi) is 5.04. The number of carbonyl (C=O) groups is 2. The number of piperazine rings is 1. The standard InChI is InChI=1S/C19H17ClFN3O4/c20-12-3-1-4-13(21)17(12)14-11-16(28-22-14)19(26)24-8-6-23(7-9-24)18(25)15-5-2-10-27-15/h1-5,10,16H,6-9,11H2. The molecule has 0 aliphatic carbocycles. The van der Waals surface area contributed by atoms with Gasteiger partial charge < -0.3 is 19.1 Å². The highest BCUT2D eigenvalue weighted by molar-refractivity contribution is 6.34. The molecular weight excluding hydrogens is 389 g/mol. The molecule has 1 aromatic heterocycles. The predicted molar refractivity (Wildman–Crippen MR) is 98.6 cm³/mol. The monoisotopic (exact) mass is 405 g/mol. The quantitative estimate of drug-likeness (QED) is 0.786. The Morgan fingerprint density at radius 2 is 1.86 bits per heavy atom. The first-order valence-corrected chi connectivity index (χ1v) is 9.21. The van der Waals surface area contributed by atoms with E-state index in [0.717, 1.165) is 0 Å². The van der Waals surface area contributed by atoms with Gasteiger partial charge in [-0.2, -0.15) is 0 Å². The second kappa shape index (κ2) is 7.63. The van der Waals surface area contributed by atoms with Gasteiger partial charge in [-0.25, -0.2) is 4.39 Å². The fourth-order valence-corrected chi connectivity index (χ4v) is 3.59. The van der Waals surface area contributed by atoms with Gasteiger partial charge in [-0.05, 0) is 24.3 Å². The van der Waals surface area contributed by atoms with Crippen molar-refractivity contribution in [3.05, 3.63) is 58.8 Å². The van der Waals surface area contributed by atoms with E-state index in [-0.39, 0.29) is 34.6 Å². The molecule has 0 spiro atoms. The van der Waals surface area contributed by atoms with Crippen LogP contribution < -0.4 is 0 Å². The van der Waals surface area contributed by atoms with Crippen LogP contribution in [0.15, 0.2) is 46.2 Å². The van der Waals surface area contributed by atoms with Gasteiger partial charge in [0.05, 0.1) is 22.6 Å². The summed E-state index contributed by atoms with van der Waals surface area (Å²) in [6, 6.07) is 7.62. The fourth-order valence-electron chi connectivity index (χ4n) is 3.32. The van der Waals surface area contributed by atoms with Crippen LogP contribution in [-0.2, 0) is 9.63 Å². The number of oxime groups is 1. The zero-order valence-electron chi connectivity index (χ0n) is 14.8. The summed E-state index contributed by atoms with van der Waals surface area (Å²) in [5, 5.41) is 4.09. The zero-order valence-corrected chi connectivity index (χ0v) is 15.6. The number of nitrogens with zero attached hydrogens (tertiary/aromatic N) is 3. The third-order valence-corrected chi connectivity index (χ3v) is 5.12.